The molecule has 0 fully saturated rings. The SMILES string of the molecule is CC#CCN(CC#CC(=O)OC)S(=O)(=O)c1ccc(C)cc1. The number of hydrogen-bond acceptors (Lipinski definition) is 4. The van der Waals surface area contributed by atoms with Gasteiger partial charge >= 0.3 is 5.97 Å². The highest BCUT2D eigenvalue weighted by molar-refractivity contribution is 7.89. The van der Waals surface area contributed by atoms with Crippen LogP contribution in [-0.4, -0.2) is 38.9 Å². The number of carbonyl (C=O) groups is 1. The van der Waals surface area contributed by atoms with Crippen molar-refractivity contribution in [3.05, 3.63) is 29.8 Å². The molecular formula is C16H17NO4S. The molecule has 0 saturated carbocycles. The van der Waals surface area contributed by atoms with E-state index in [1.807, 2.05) is 6.92 Å². The summed E-state index contributed by atoms with van der Waals surface area (Å²) in [5.41, 5.74) is 0.962. The first-order valence-electron chi connectivity index (χ1n) is 6.45. The molecule has 0 aliphatic rings. The molecule has 0 aliphatic heterocycles. The number of carbonyl (C=O) groups excluding carboxylic acids is 1. The first-order valence-corrected chi connectivity index (χ1v) is 7.89. The summed E-state index contributed by atoms with van der Waals surface area (Å²) >= 11 is 0. The quantitative estimate of drug-likeness (QED) is 0.475. The minimum Gasteiger partial charge on any atom is -0.459 e. The Bertz CT molecular complexity index is 743. The lowest BCUT2D eigenvalue weighted by atomic mass is 10.2. The zero-order valence-corrected chi connectivity index (χ0v) is 13.5. The van der Waals surface area contributed by atoms with Crippen LogP contribution in [-0.2, 0) is 19.6 Å². The fraction of sp³-hybridized carbons (Fsp3) is 0.312. The summed E-state index contributed by atoms with van der Waals surface area (Å²) in [7, 11) is -2.51. The lowest BCUT2D eigenvalue weighted by Crippen LogP contribution is -2.32. The smallest absolute Gasteiger partial charge is 0.384 e. The van der Waals surface area contributed by atoms with E-state index < -0.39 is 16.0 Å². The zero-order chi connectivity index (χ0) is 16.6. The number of sulfonamides is 1. The molecule has 1 rings (SSSR count). The second kappa shape index (κ2) is 8.23. The molecule has 0 spiro atoms. The van der Waals surface area contributed by atoms with Crippen molar-refractivity contribution in [3.63, 3.8) is 0 Å². The Morgan fingerprint density at radius 2 is 1.77 bits per heavy atom. The Labute approximate surface area is 131 Å². The molecule has 22 heavy (non-hydrogen) atoms. The third-order valence-electron chi connectivity index (χ3n) is 2.72. The Kier molecular flexibility index (Phi) is 6.65. The van der Waals surface area contributed by atoms with Crippen LogP contribution < -0.4 is 0 Å². The maximum Gasteiger partial charge on any atom is 0.384 e. The summed E-state index contributed by atoms with van der Waals surface area (Å²) in [6, 6.07) is 6.50. The predicted molar refractivity (Wildman–Crippen MR) is 83.2 cm³/mol. The van der Waals surface area contributed by atoms with Gasteiger partial charge in [0, 0.05) is 5.92 Å². The zero-order valence-electron chi connectivity index (χ0n) is 12.7. The molecule has 1 aromatic rings. The average molecular weight is 319 g/mol. The van der Waals surface area contributed by atoms with Crippen LogP contribution in [0.15, 0.2) is 29.2 Å². The van der Waals surface area contributed by atoms with Crippen molar-refractivity contribution in [2.75, 3.05) is 20.2 Å². The summed E-state index contributed by atoms with van der Waals surface area (Å²) in [5.74, 6) is 9.33. The van der Waals surface area contributed by atoms with Crippen LogP contribution in [0.2, 0.25) is 0 Å². The van der Waals surface area contributed by atoms with E-state index in [1.165, 1.54) is 19.2 Å². The fourth-order valence-electron chi connectivity index (χ4n) is 1.50. The summed E-state index contributed by atoms with van der Waals surface area (Å²) in [5, 5.41) is 0. The van der Waals surface area contributed by atoms with Gasteiger partial charge in [0.25, 0.3) is 0 Å². The van der Waals surface area contributed by atoms with Gasteiger partial charge in [0.1, 0.15) is 0 Å². The Morgan fingerprint density at radius 1 is 1.18 bits per heavy atom. The first-order chi connectivity index (χ1) is 10.4. The van der Waals surface area contributed by atoms with E-state index in [1.54, 1.807) is 19.1 Å². The second-order valence-electron chi connectivity index (χ2n) is 4.31. The Balaban J connectivity index is 3.07. The number of esters is 1. The third-order valence-corrected chi connectivity index (χ3v) is 4.53. The van der Waals surface area contributed by atoms with Gasteiger partial charge in [-0.25, -0.2) is 13.2 Å². The fourth-order valence-corrected chi connectivity index (χ4v) is 2.75. The standard InChI is InChI=1S/C16H17NO4S/c1-4-5-12-17(13-6-7-16(18)21-3)22(19,20)15-10-8-14(2)9-11-15/h8-11H,12-13H2,1-3H3. The highest BCUT2D eigenvalue weighted by Gasteiger charge is 2.22. The van der Waals surface area contributed by atoms with E-state index in [-0.39, 0.29) is 18.0 Å². The maximum absolute atomic E-state index is 12.6. The van der Waals surface area contributed by atoms with Gasteiger partial charge < -0.3 is 4.74 Å². The molecule has 0 bridgehead atoms. The number of hydrogen-bond donors (Lipinski definition) is 0. The highest BCUT2D eigenvalue weighted by atomic mass is 32.2. The van der Waals surface area contributed by atoms with Crippen LogP contribution in [0.1, 0.15) is 12.5 Å². The van der Waals surface area contributed by atoms with Crippen molar-refractivity contribution in [2.24, 2.45) is 0 Å². The van der Waals surface area contributed by atoms with Crippen molar-refractivity contribution in [3.8, 4) is 23.7 Å². The molecule has 5 nitrogen and oxygen atoms in total. The summed E-state index contributed by atoms with van der Waals surface area (Å²) in [4.78, 5) is 11.1. The van der Waals surface area contributed by atoms with Crippen molar-refractivity contribution >= 4 is 16.0 Å². The van der Waals surface area contributed by atoms with Gasteiger partial charge in [0.2, 0.25) is 10.0 Å². The minimum atomic E-state index is -3.72. The number of ether oxygens (including phenoxy) is 1. The normalized spacial score (nSPS) is 10.2. The molecule has 6 heteroatoms. The number of benzene rings is 1. The molecule has 0 atom stereocenters. The van der Waals surface area contributed by atoms with Crippen LogP contribution in [0, 0.1) is 30.6 Å². The monoisotopic (exact) mass is 319 g/mol. The van der Waals surface area contributed by atoms with Gasteiger partial charge in [-0.1, -0.05) is 29.5 Å². The van der Waals surface area contributed by atoms with Crippen molar-refractivity contribution in [1.29, 1.82) is 0 Å². The maximum atomic E-state index is 12.6. The number of aryl methyl sites for hydroxylation is 1. The predicted octanol–water partition coefficient (Wildman–Crippen LogP) is 1.19. The molecule has 0 saturated heterocycles. The molecule has 0 aromatic heterocycles. The topological polar surface area (TPSA) is 63.7 Å². The minimum absolute atomic E-state index is 0.00254. The number of nitrogens with zero attached hydrogens (tertiary/aromatic N) is 1. The molecule has 0 unspecified atom stereocenters. The van der Waals surface area contributed by atoms with Crippen molar-refractivity contribution in [2.45, 2.75) is 18.7 Å². The molecule has 0 aliphatic carbocycles. The van der Waals surface area contributed by atoms with Gasteiger partial charge in [-0.15, -0.1) is 5.92 Å². The van der Waals surface area contributed by atoms with E-state index >= 15 is 0 Å². The van der Waals surface area contributed by atoms with Gasteiger partial charge in [-0.3, -0.25) is 0 Å². The van der Waals surface area contributed by atoms with Crippen LogP contribution in [0.4, 0.5) is 0 Å². The third kappa shape index (κ3) is 4.92. The number of rotatable bonds is 4. The van der Waals surface area contributed by atoms with Crippen LogP contribution in [0.5, 0.6) is 0 Å². The lowest BCUT2D eigenvalue weighted by molar-refractivity contribution is -0.133. The first kappa shape index (κ1) is 17.8. The highest BCUT2D eigenvalue weighted by Crippen LogP contribution is 2.15. The molecule has 0 heterocycles. The molecule has 1 aromatic carbocycles. The van der Waals surface area contributed by atoms with Crippen LogP contribution in [0.3, 0.4) is 0 Å². The van der Waals surface area contributed by atoms with Crippen LogP contribution in [0.25, 0.3) is 0 Å². The average Bonchev–Trinajstić information content (AvgIpc) is 2.50. The van der Waals surface area contributed by atoms with Gasteiger partial charge in [-0.2, -0.15) is 4.31 Å². The Hall–Kier alpha value is -2.28. The molecule has 0 amide bonds. The molecule has 0 radical (unpaired) electrons. The van der Waals surface area contributed by atoms with E-state index in [9.17, 15) is 13.2 Å². The van der Waals surface area contributed by atoms with E-state index in [0.717, 1.165) is 9.87 Å². The second-order valence-corrected chi connectivity index (χ2v) is 6.24. The molecular weight excluding hydrogens is 302 g/mol. The van der Waals surface area contributed by atoms with E-state index in [2.05, 4.69) is 28.4 Å². The van der Waals surface area contributed by atoms with Crippen molar-refractivity contribution < 1.29 is 17.9 Å². The van der Waals surface area contributed by atoms with Crippen molar-refractivity contribution in [1.82, 2.24) is 4.31 Å². The summed E-state index contributed by atoms with van der Waals surface area (Å²) in [6.45, 7) is 3.36. The van der Waals surface area contributed by atoms with Gasteiger partial charge in [0.15, 0.2) is 0 Å². The van der Waals surface area contributed by atoms with E-state index in [4.69, 9.17) is 0 Å². The van der Waals surface area contributed by atoms with Crippen LogP contribution >= 0.6 is 0 Å². The lowest BCUT2D eigenvalue weighted by Gasteiger charge is -2.17. The number of methoxy groups -OCH3 is 1. The summed E-state index contributed by atoms with van der Waals surface area (Å²) in [6.07, 6.45) is 0. The molecule has 0 N–H and O–H groups in total. The summed E-state index contributed by atoms with van der Waals surface area (Å²) < 4.78 is 30.6. The largest absolute Gasteiger partial charge is 0.459 e. The van der Waals surface area contributed by atoms with E-state index in [0.29, 0.717) is 0 Å². The van der Waals surface area contributed by atoms with Gasteiger partial charge in [-0.05, 0) is 26.0 Å². The molecule has 116 valence electrons. The Morgan fingerprint density at radius 3 is 2.32 bits per heavy atom. The van der Waals surface area contributed by atoms with Gasteiger partial charge in [0.05, 0.1) is 25.1 Å².